The molecule has 0 aliphatic heterocycles. The lowest BCUT2D eigenvalue weighted by molar-refractivity contribution is -0.131. The van der Waals surface area contributed by atoms with E-state index in [-0.39, 0.29) is 11.5 Å². The molecule has 3 nitrogen and oxygen atoms in total. The molecule has 0 fully saturated rings. The first kappa shape index (κ1) is 18.5. The Morgan fingerprint density at radius 1 is 1.00 bits per heavy atom. The average molecular weight is 334 g/mol. The van der Waals surface area contributed by atoms with Crippen LogP contribution in [0.3, 0.4) is 0 Å². The Morgan fingerprint density at radius 3 is 2.40 bits per heavy atom. The van der Waals surface area contributed by atoms with Gasteiger partial charge < -0.3 is 4.74 Å². The number of unbranched alkanes of at least 4 members (excludes halogenated alkanes) is 2. The van der Waals surface area contributed by atoms with Gasteiger partial charge in [-0.3, -0.25) is 9.59 Å². The van der Waals surface area contributed by atoms with Gasteiger partial charge in [0.2, 0.25) is 5.78 Å². The summed E-state index contributed by atoms with van der Waals surface area (Å²) < 4.78 is 5.05. The first-order valence-electron chi connectivity index (χ1n) is 8.53. The number of Topliss-reactive ketones (excluding diaryl/α,β-unsaturated/α-hetero) is 1. The van der Waals surface area contributed by atoms with E-state index in [2.05, 4.69) is 30.9 Å². The summed E-state index contributed by atoms with van der Waals surface area (Å²) in [4.78, 5) is 23.4. The summed E-state index contributed by atoms with van der Waals surface area (Å²) in [5.74, 6) is 4.90. The van der Waals surface area contributed by atoms with E-state index in [0.717, 1.165) is 12.0 Å². The van der Waals surface area contributed by atoms with Crippen LogP contribution in [-0.2, 0) is 11.2 Å². The van der Waals surface area contributed by atoms with Crippen LogP contribution in [0.5, 0.6) is 5.75 Å². The molecular formula is C22H22O3. The van der Waals surface area contributed by atoms with Crippen LogP contribution in [0.1, 0.15) is 54.6 Å². The van der Waals surface area contributed by atoms with Crippen LogP contribution in [0.2, 0.25) is 0 Å². The van der Waals surface area contributed by atoms with E-state index >= 15 is 0 Å². The Balaban J connectivity index is 2.08. The van der Waals surface area contributed by atoms with Crippen LogP contribution in [0.25, 0.3) is 0 Å². The zero-order valence-electron chi connectivity index (χ0n) is 14.7. The molecule has 25 heavy (non-hydrogen) atoms. The summed E-state index contributed by atoms with van der Waals surface area (Å²) in [6.07, 6.45) is 4.70. The van der Waals surface area contributed by atoms with Crippen molar-refractivity contribution in [1.29, 1.82) is 0 Å². The minimum absolute atomic E-state index is 0.237. The summed E-state index contributed by atoms with van der Waals surface area (Å²) >= 11 is 0. The summed E-state index contributed by atoms with van der Waals surface area (Å²) in [7, 11) is 0. The number of ketones is 1. The van der Waals surface area contributed by atoms with Crippen LogP contribution in [-0.4, -0.2) is 11.8 Å². The fraction of sp³-hybridized carbons (Fsp3) is 0.273. The monoisotopic (exact) mass is 334 g/mol. The molecule has 0 amide bonds. The van der Waals surface area contributed by atoms with Gasteiger partial charge in [0.05, 0.1) is 5.56 Å². The van der Waals surface area contributed by atoms with E-state index in [0.29, 0.717) is 5.56 Å². The SMILES string of the molecule is CCCCCc1ccc(C#CC(=O)c2ccccc2OC(C)=O)cc1. The number of para-hydroxylation sites is 1. The van der Waals surface area contributed by atoms with Crippen LogP contribution >= 0.6 is 0 Å². The molecule has 0 heterocycles. The van der Waals surface area contributed by atoms with Gasteiger partial charge >= 0.3 is 5.97 Å². The molecule has 0 N–H and O–H groups in total. The Labute approximate surface area is 149 Å². The number of ether oxygens (including phenoxy) is 1. The fourth-order valence-electron chi connectivity index (χ4n) is 2.43. The third kappa shape index (κ3) is 5.93. The predicted octanol–water partition coefficient (Wildman–Crippen LogP) is 4.58. The van der Waals surface area contributed by atoms with Crippen molar-refractivity contribution in [3.05, 3.63) is 65.2 Å². The Kier molecular flexibility index (Phi) is 6.98. The smallest absolute Gasteiger partial charge is 0.308 e. The maximum Gasteiger partial charge on any atom is 0.308 e. The van der Waals surface area contributed by atoms with Crippen molar-refractivity contribution < 1.29 is 14.3 Å². The van der Waals surface area contributed by atoms with Crippen molar-refractivity contribution >= 4 is 11.8 Å². The minimum atomic E-state index is -0.466. The molecule has 0 aliphatic carbocycles. The second-order valence-corrected chi connectivity index (χ2v) is 5.82. The lowest BCUT2D eigenvalue weighted by Gasteiger charge is -2.04. The number of esters is 1. The molecule has 0 aromatic heterocycles. The van der Waals surface area contributed by atoms with E-state index in [1.807, 2.05) is 12.1 Å². The second kappa shape index (κ2) is 9.44. The minimum Gasteiger partial charge on any atom is -0.426 e. The van der Waals surface area contributed by atoms with Gasteiger partial charge in [-0.15, -0.1) is 0 Å². The van der Waals surface area contributed by atoms with Crippen LogP contribution in [0.15, 0.2) is 48.5 Å². The normalized spacial score (nSPS) is 9.84. The highest BCUT2D eigenvalue weighted by Crippen LogP contribution is 2.18. The second-order valence-electron chi connectivity index (χ2n) is 5.82. The van der Waals surface area contributed by atoms with Gasteiger partial charge in [0.1, 0.15) is 5.75 Å². The molecule has 0 unspecified atom stereocenters. The topological polar surface area (TPSA) is 43.4 Å². The van der Waals surface area contributed by atoms with Gasteiger partial charge in [0.25, 0.3) is 0 Å². The molecule has 0 saturated carbocycles. The highest BCUT2D eigenvalue weighted by Gasteiger charge is 2.11. The van der Waals surface area contributed by atoms with Crippen LogP contribution in [0, 0.1) is 11.8 Å². The number of aryl methyl sites for hydroxylation is 1. The van der Waals surface area contributed by atoms with Gasteiger partial charge in [-0.05, 0) is 48.6 Å². The predicted molar refractivity (Wildman–Crippen MR) is 98.6 cm³/mol. The van der Waals surface area contributed by atoms with Crippen molar-refractivity contribution in [2.24, 2.45) is 0 Å². The van der Waals surface area contributed by atoms with E-state index in [4.69, 9.17) is 4.74 Å². The molecule has 2 rings (SSSR count). The van der Waals surface area contributed by atoms with Crippen LogP contribution in [0.4, 0.5) is 0 Å². The number of rotatable bonds is 6. The van der Waals surface area contributed by atoms with Gasteiger partial charge in [-0.1, -0.05) is 50.0 Å². The number of carbonyl (C=O) groups excluding carboxylic acids is 2. The Bertz CT molecular complexity index is 792. The van der Waals surface area contributed by atoms with Crippen LogP contribution < -0.4 is 4.74 Å². The number of carbonyl (C=O) groups is 2. The van der Waals surface area contributed by atoms with Crippen molar-refractivity contribution in [2.45, 2.75) is 39.5 Å². The molecular weight excluding hydrogens is 312 g/mol. The summed E-state index contributed by atoms with van der Waals surface area (Å²) in [6, 6.07) is 14.6. The summed E-state index contributed by atoms with van der Waals surface area (Å²) in [5.41, 5.74) is 2.37. The average Bonchev–Trinajstić information content (AvgIpc) is 2.61. The van der Waals surface area contributed by atoms with Crippen molar-refractivity contribution in [1.82, 2.24) is 0 Å². The van der Waals surface area contributed by atoms with E-state index < -0.39 is 5.97 Å². The van der Waals surface area contributed by atoms with Gasteiger partial charge in [0.15, 0.2) is 0 Å². The molecule has 0 radical (unpaired) electrons. The molecule has 0 bridgehead atoms. The zero-order chi connectivity index (χ0) is 18.1. The van der Waals surface area contributed by atoms with Gasteiger partial charge in [-0.2, -0.15) is 0 Å². The van der Waals surface area contributed by atoms with Crippen molar-refractivity contribution in [3.8, 4) is 17.6 Å². The highest BCUT2D eigenvalue weighted by atomic mass is 16.5. The zero-order valence-corrected chi connectivity index (χ0v) is 14.7. The molecule has 0 atom stereocenters. The lowest BCUT2D eigenvalue weighted by Crippen LogP contribution is -2.06. The number of benzene rings is 2. The van der Waals surface area contributed by atoms with Crippen molar-refractivity contribution in [3.63, 3.8) is 0 Å². The molecule has 2 aromatic carbocycles. The largest absolute Gasteiger partial charge is 0.426 e. The molecule has 3 heteroatoms. The van der Waals surface area contributed by atoms with E-state index in [9.17, 15) is 9.59 Å². The molecule has 128 valence electrons. The molecule has 0 spiro atoms. The number of hydrogen-bond acceptors (Lipinski definition) is 3. The lowest BCUT2D eigenvalue weighted by atomic mass is 10.1. The van der Waals surface area contributed by atoms with Crippen molar-refractivity contribution in [2.75, 3.05) is 0 Å². The fourth-order valence-corrected chi connectivity index (χ4v) is 2.43. The quantitative estimate of drug-likeness (QED) is 0.255. The summed E-state index contributed by atoms with van der Waals surface area (Å²) in [5, 5.41) is 0. The van der Waals surface area contributed by atoms with E-state index in [1.54, 1.807) is 24.3 Å². The van der Waals surface area contributed by atoms with Gasteiger partial charge in [-0.25, -0.2) is 0 Å². The first-order chi connectivity index (χ1) is 12.1. The molecule has 2 aromatic rings. The molecule has 0 aliphatic rings. The van der Waals surface area contributed by atoms with Gasteiger partial charge in [0, 0.05) is 12.5 Å². The Morgan fingerprint density at radius 2 is 1.72 bits per heavy atom. The standard InChI is InChI=1S/C22H22O3/c1-3-4-5-8-18-11-13-19(14-12-18)15-16-21(24)20-9-6-7-10-22(20)25-17(2)23/h6-7,9-14H,3-5,8H2,1-2H3. The van der Waals surface area contributed by atoms with E-state index in [1.165, 1.54) is 31.7 Å². The maximum atomic E-state index is 12.3. The third-order valence-corrected chi connectivity index (χ3v) is 3.73. The highest BCUT2D eigenvalue weighted by molar-refractivity contribution is 6.11. The molecule has 0 saturated heterocycles. The third-order valence-electron chi connectivity index (χ3n) is 3.73. The summed E-state index contributed by atoms with van der Waals surface area (Å²) in [6.45, 7) is 3.49. The Hall–Kier alpha value is -2.86. The first-order valence-corrected chi connectivity index (χ1v) is 8.53. The number of hydrogen-bond donors (Lipinski definition) is 0. The maximum absolute atomic E-state index is 12.3.